The zero-order chi connectivity index (χ0) is 18.1. The van der Waals surface area contributed by atoms with Gasteiger partial charge in [0, 0.05) is 45.9 Å². The number of hydrogen-bond donors (Lipinski definition) is 2. The number of nitrogens with one attached hydrogen (secondary N) is 2. The highest BCUT2D eigenvalue weighted by Gasteiger charge is 2.21. The van der Waals surface area contributed by atoms with Crippen molar-refractivity contribution in [2.75, 3.05) is 40.4 Å². The molecule has 1 aliphatic rings. The Labute approximate surface area is 150 Å². The van der Waals surface area contributed by atoms with Gasteiger partial charge in [-0.15, -0.1) is 0 Å². The maximum Gasteiger partial charge on any atom is 0.251 e. The number of likely N-dealkylation sites (N-methyl/N-ethyl adjacent to an activating group) is 1. The lowest BCUT2D eigenvalue weighted by Gasteiger charge is -2.22. The molecule has 0 bridgehead atoms. The van der Waals surface area contributed by atoms with E-state index < -0.39 is 0 Å². The Hall–Kier alpha value is -2.08. The Kier molecular flexibility index (Phi) is 7.73. The molecule has 6 nitrogen and oxygen atoms in total. The molecule has 6 heteroatoms. The number of hydrogen-bond acceptors (Lipinski definition) is 3. The molecule has 0 radical (unpaired) electrons. The predicted molar refractivity (Wildman–Crippen MR) is 101 cm³/mol. The van der Waals surface area contributed by atoms with Crippen molar-refractivity contribution in [3.8, 4) is 0 Å². The number of rotatable bonds is 9. The number of amides is 1. The molecule has 2 N–H and O–H groups in total. The van der Waals surface area contributed by atoms with Crippen LogP contribution >= 0.6 is 0 Å². The maximum atomic E-state index is 11.9. The van der Waals surface area contributed by atoms with Gasteiger partial charge in [-0.25, -0.2) is 0 Å². The van der Waals surface area contributed by atoms with Crippen LogP contribution in [0.1, 0.15) is 35.7 Å². The largest absolute Gasteiger partial charge is 0.379 e. The Balaban J connectivity index is 1.78. The molecule has 1 amide bonds. The molecule has 138 valence electrons. The number of guanidine groups is 1. The van der Waals surface area contributed by atoms with Gasteiger partial charge in [-0.1, -0.05) is 12.1 Å². The molecular weight excluding hydrogens is 316 g/mol. The van der Waals surface area contributed by atoms with Gasteiger partial charge < -0.3 is 20.3 Å². The van der Waals surface area contributed by atoms with Crippen LogP contribution < -0.4 is 10.6 Å². The normalized spacial score (nSPS) is 14.3. The van der Waals surface area contributed by atoms with Gasteiger partial charge in [-0.3, -0.25) is 9.79 Å². The van der Waals surface area contributed by atoms with Gasteiger partial charge in [-0.05, 0) is 43.4 Å². The minimum Gasteiger partial charge on any atom is -0.379 e. The van der Waals surface area contributed by atoms with Crippen LogP contribution in [0.25, 0.3) is 0 Å². The summed E-state index contributed by atoms with van der Waals surface area (Å²) in [7, 11) is 3.77. The Morgan fingerprint density at radius 3 is 2.84 bits per heavy atom. The zero-order valence-electron chi connectivity index (χ0n) is 15.5. The molecule has 1 aromatic carbocycles. The topological polar surface area (TPSA) is 66.0 Å². The first-order valence-corrected chi connectivity index (χ1v) is 9.00. The highest BCUT2D eigenvalue weighted by Crippen LogP contribution is 2.28. The fraction of sp³-hybridized carbons (Fsp3) is 0.579. The average molecular weight is 346 g/mol. The van der Waals surface area contributed by atoms with Crippen LogP contribution in [0.3, 0.4) is 0 Å². The summed E-state index contributed by atoms with van der Waals surface area (Å²) in [5.74, 6) is 1.57. The van der Waals surface area contributed by atoms with E-state index in [0.29, 0.717) is 25.3 Å². The van der Waals surface area contributed by atoms with E-state index >= 15 is 0 Å². The third kappa shape index (κ3) is 6.74. The molecule has 0 unspecified atom stereocenters. The van der Waals surface area contributed by atoms with Gasteiger partial charge in [0.15, 0.2) is 5.96 Å². The van der Waals surface area contributed by atoms with Crippen LogP contribution in [0.4, 0.5) is 0 Å². The lowest BCUT2D eigenvalue weighted by atomic mass is 10.1. The fourth-order valence-electron chi connectivity index (χ4n) is 2.49. The molecule has 1 aliphatic carbocycles. The second-order valence-electron chi connectivity index (χ2n) is 6.40. The van der Waals surface area contributed by atoms with E-state index in [2.05, 4.69) is 20.5 Å². The lowest BCUT2D eigenvalue weighted by Crippen LogP contribution is -2.40. The summed E-state index contributed by atoms with van der Waals surface area (Å²) in [5, 5.41) is 6.15. The molecule has 1 aromatic rings. The van der Waals surface area contributed by atoms with E-state index in [1.54, 1.807) is 7.05 Å². The molecule has 0 spiro atoms. The highest BCUT2D eigenvalue weighted by molar-refractivity contribution is 5.94. The average Bonchev–Trinajstić information content (AvgIpc) is 3.44. The third-order valence-electron chi connectivity index (χ3n) is 4.17. The Morgan fingerprint density at radius 2 is 2.16 bits per heavy atom. The standard InChI is InChI=1S/C19H30N4O2/c1-4-21-18(24)17-7-5-6-16(12-17)13-22-19(20-2)23(3)10-11-25-14-15-8-9-15/h5-7,12,15H,4,8-11,13-14H2,1-3H3,(H,20,22)(H,21,24). The highest BCUT2D eigenvalue weighted by atomic mass is 16.5. The number of carbonyl (C=O) groups excluding carboxylic acids is 1. The van der Waals surface area contributed by atoms with Crippen molar-refractivity contribution in [3.63, 3.8) is 0 Å². The second-order valence-corrected chi connectivity index (χ2v) is 6.40. The first-order chi connectivity index (χ1) is 12.1. The molecule has 25 heavy (non-hydrogen) atoms. The van der Waals surface area contributed by atoms with E-state index in [9.17, 15) is 4.79 Å². The predicted octanol–water partition coefficient (Wildman–Crippen LogP) is 1.87. The van der Waals surface area contributed by atoms with E-state index in [-0.39, 0.29) is 5.91 Å². The number of carbonyl (C=O) groups is 1. The van der Waals surface area contributed by atoms with Crippen LogP contribution in [-0.2, 0) is 11.3 Å². The first kappa shape index (κ1) is 19.2. The lowest BCUT2D eigenvalue weighted by molar-refractivity contribution is 0.0955. The Morgan fingerprint density at radius 1 is 1.36 bits per heavy atom. The van der Waals surface area contributed by atoms with Gasteiger partial charge in [-0.2, -0.15) is 0 Å². The van der Waals surface area contributed by atoms with E-state index in [4.69, 9.17) is 4.74 Å². The summed E-state index contributed by atoms with van der Waals surface area (Å²) in [6.45, 7) is 5.55. The van der Waals surface area contributed by atoms with Crippen LogP contribution in [0, 0.1) is 5.92 Å². The van der Waals surface area contributed by atoms with E-state index in [1.165, 1.54) is 12.8 Å². The monoisotopic (exact) mass is 346 g/mol. The number of ether oxygens (including phenoxy) is 1. The van der Waals surface area contributed by atoms with Crippen molar-refractivity contribution < 1.29 is 9.53 Å². The van der Waals surface area contributed by atoms with Crippen molar-refractivity contribution in [1.29, 1.82) is 0 Å². The quantitative estimate of drug-likeness (QED) is 0.407. The summed E-state index contributed by atoms with van der Waals surface area (Å²) < 4.78 is 5.68. The number of nitrogens with zero attached hydrogens (tertiary/aromatic N) is 2. The second kappa shape index (κ2) is 10.0. The van der Waals surface area contributed by atoms with Gasteiger partial charge in [0.1, 0.15) is 0 Å². The van der Waals surface area contributed by atoms with E-state index in [0.717, 1.165) is 30.6 Å². The summed E-state index contributed by atoms with van der Waals surface area (Å²) >= 11 is 0. The molecule has 0 heterocycles. The van der Waals surface area contributed by atoms with Crippen molar-refractivity contribution in [2.45, 2.75) is 26.3 Å². The van der Waals surface area contributed by atoms with Crippen LogP contribution in [0.5, 0.6) is 0 Å². The first-order valence-electron chi connectivity index (χ1n) is 9.00. The molecule has 1 saturated carbocycles. The molecule has 0 aromatic heterocycles. The van der Waals surface area contributed by atoms with Crippen molar-refractivity contribution >= 4 is 11.9 Å². The van der Waals surface area contributed by atoms with Crippen LogP contribution in [-0.4, -0.2) is 57.2 Å². The third-order valence-corrected chi connectivity index (χ3v) is 4.17. The van der Waals surface area contributed by atoms with Crippen LogP contribution in [0.15, 0.2) is 29.3 Å². The minimum atomic E-state index is -0.0429. The summed E-state index contributed by atoms with van der Waals surface area (Å²) in [4.78, 5) is 18.3. The summed E-state index contributed by atoms with van der Waals surface area (Å²) in [6.07, 6.45) is 2.63. The summed E-state index contributed by atoms with van der Waals surface area (Å²) in [5.41, 5.74) is 1.72. The van der Waals surface area contributed by atoms with Crippen LogP contribution in [0.2, 0.25) is 0 Å². The molecular formula is C19H30N4O2. The van der Waals surface area contributed by atoms with Gasteiger partial charge in [0.2, 0.25) is 0 Å². The fourth-order valence-corrected chi connectivity index (χ4v) is 2.49. The molecule has 1 fully saturated rings. The van der Waals surface area contributed by atoms with Gasteiger partial charge >= 0.3 is 0 Å². The number of aliphatic imine (C=N–C) groups is 1. The molecule has 0 aliphatic heterocycles. The maximum absolute atomic E-state index is 11.9. The zero-order valence-corrected chi connectivity index (χ0v) is 15.5. The summed E-state index contributed by atoms with van der Waals surface area (Å²) in [6, 6.07) is 7.64. The van der Waals surface area contributed by atoms with Gasteiger partial charge in [0.25, 0.3) is 5.91 Å². The Bertz CT molecular complexity index is 585. The number of benzene rings is 1. The SMILES string of the molecule is CCNC(=O)c1cccc(CNC(=NC)N(C)CCOCC2CC2)c1. The van der Waals surface area contributed by atoms with E-state index in [1.807, 2.05) is 38.2 Å². The molecule has 2 rings (SSSR count). The van der Waals surface area contributed by atoms with Crippen molar-refractivity contribution in [2.24, 2.45) is 10.9 Å². The van der Waals surface area contributed by atoms with Crippen molar-refractivity contribution in [1.82, 2.24) is 15.5 Å². The smallest absolute Gasteiger partial charge is 0.251 e. The van der Waals surface area contributed by atoms with Crippen molar-refractivity contribution in [3.05, 3.63) is 35.4 Å². The molecule has 0 saturated heterocycles. The molecule has 0 atom stereocenters. The minimum absolute atomic E-state index is 0.0429. The van der Waals surface area contributed by atoms with Gasteiger partial charge in [0.05, 0.1) is 6.61 Å².